The van der Waals surface area contributed by atoms with Gasteiger partial charge in [-0.3, -0.25) is 23.9 Å². The van der Waals surface area contributed by atoms with Gasteiger partial charge in [-0.25, -0.2) is 4.98 Å². The molecule has 4 N–H and O–H groups in total. The van der Waals surface area contributed by atoms with E-state index < -0.39 is 17.5 Å². The van der Waals surface area contributed by atoms with E-state index in [9.17, 15) is 14.4 Å². The van der Waals surface area contributed by atoms with Gasteiger partial charge >= 0.3 is 0 Å². The fourth-order valence-corrected chi connectivity index (χ4v) is 3.96. The number of nitrogens with zero attached hydrogens (tertiary/aromatic N) is 4. The van der Waals surface area contributed by atoms with Gasteiger partial charge in [-0.1, -0.05) is 36.3 Å². The Morgan fingerprint density at radius 1 is 1.26 bits per heavy atom. The zero-order chi connectivity index (χ0) is 25.4. The SMILES string of the molecule is CC[C@@H](C(=O)NCC(=O)CN1CCc2ccccc2C1)n1ccnc(NCC(=N)/C(C)=N\O)c1=O. The number of fused-ring (bicyclic) bond motifs is 1. The van der Waals surface area contributed by atoms with Crippen LogP contribution < -0.4 is 16.2 Å². The molecular weight excluding hydrogens is 450 g/mol. The lowest BCUT2D eigenvalue weighted by molar-refractivity contribution is -0.128. The molecule has 1 aliphatic heterocycles. The van der Waals surface area contributed by atoms with Crippen LogP contribution >= 0.6 is 0 Å². The topological polar surface area (TPSA) is 153 Å². The van der Waals surface area contributed by atoms with Crippen LogP contribution in [0.25, 0.3) is 0 Å². The summed E-state index contributed by atoms with van der Waals surface area (Å²) in [4.78, 5) is 44.3. The van der Waals surface area contributed by atoms with Gasteiger partial charge in [-0.15, -0.1) is 0 Å². The average Bonchev–Trinajstić information content (AvgIpc) is 2.87. The van der Waals surface area contributed by atoms with Crippen LogP contribution in [-0.2, 0) is 22.6 Å². The molecule has 0 fully saturated rings. The van der Waals surface area contributed by atoms with Gasteiger partial charge in [0.1, 0.15) is 6.04 Å². The maximum atomic E-state index is 12.9. The first-order valence-electron chi connectivity index (χ1n) is 11.5. The van der Waals surface area contributed by atoms with E-state index in [2.05, 4.69) is 37.8 Å². The van der Waals surface area contributed by atoms with Crippen molar-refractivity contribution in [3.63, 3.8) is 0 Å². The summed E-state index contributed by atoms with van der Waals surface area (Å²) in [5.74, 6) is -0.563. The quantitative estimate of drug-likeness (QED) is 0.214. The molecule has 1 atom stereocenters. The molecule has 0 unspecified atom stereocenters. The molecule has 2 aromatic rings. The third-order valence-electron chi connectivity index (χ3n) is 5.98. The van der Waals surface area contributed by atoms with Crippen LogP contribution in [0.5, 0.6) is 0 Å². The average molecular weight is 482 g/mol. The van der Waals surface area contributed by atoms with E-state index in [1.165, 1.54) is 35.0 Å². The zero-order valence-corrected chi connectivity index (χ0v) is 20.0. The van der Waals surface area contributed by atoms with Crippen LogP contribution in [0.3, 0.4) is 0 Å². The van der Waals surface area contributed by atoms with E-state index in [1.54, 1.807) is 6.92 Å². The molecule has 11 heteroatoms. The molecule has 0 saturated carbocycles. The van der Waals surface area contributed by atoms with Crippen molar-refractivity contribution in [2.75, 3.05) is 31.5 Å². The number of hydrogen-bond acceptors (Lipinski definition) is 9. The second-order valence-electron chi connectivity index (χ2n) is 8.42. The van der Waals surface area contributed by atoms with Crippen LogP contribution in [0.2, 0.25) is 0 Å². The van der Waals surface area contributed by atoms with Gasteiger partial charge in [0.25, 0.3) is 5.56 Å². The van der Waals surface area contributed by atoms with Crippen molar-refractivity contribution in [2.24, 2.45) is 5.16 Å². The fourth-order valence-electron chi connectivity index (χ4n) is 3.96. The van der Waals surface area contributed by atoms with E-state index in [0.29, 0.717) is 13.0 Å². The maximum absolute atomic E-state index is 12.9. The van der Waals surface area contributed by atoms with E-state index in [1.807, 2.05) is 12.1 Å². The Kier molecular flexibility index (Phi) is 8.85. The molecule has 0 bridgehead atoms. The molecule has 0 aliphatic carbocycles. The van der Waals surface area contributed by atoms with Gasteiger partial charge in [0.05, 0.1) is 31.1 Å². The first kappa shape index (κ1) is 25.8. The number of carbonyl (C=O) groups excluding carboxylic acids is 2. The Bertz CT molecular complexity index is 1170. The number of hydrogen-bond donors (Lipinski definition) is 4. The molecule has 1 aliphatic rings. The Balaban J connectivity index is 1.57. The van der Waals surface area contributed by atoms with Crippen molar-refractivity contribution in [1.29, 1.82) is 5.41 Å². The maximum Gasteiger partial charge on any atom is 0.294 e. The molecule has 2 heterocycles. The molecule has 11 nitrogen and oxygen atoms in total. The summed E-state index contributed by atoms with van der Waals surface area (Å²) in [5.41, 5.74) is 2.10. The Hall–Kier alpha value is -3.86. The normalized spacial score (nSPS) is 14.6. The third-order valence-corrected chi connectivity index (χ3v) is 5.98. The van der Waals surface area contributed by atoms with E-state index in [-0.39, 0.29) is 42.7 Å². The lowest BCUT2D eigenvalue weighted by Gasteiger charge is -2.28. The molecule has 186 valence electrons. The molecule has 3 rings (SSSR count). The molecule has 1 amide bonds. The summed E-state index contributed by atoms with van der Waals surface area (Å²) in [5, 5.41) is 24.9. The van der Waals surface area contributed by atoms with Gasteiger partial charge in [0.2, 0.25) is 5.91 Å². The Labute approximate surface area is 203 Å². The third kappa shape index (κ3) is 6.60. The molecule has 1 aromatic carbocycles. The summed E-state index contributed by atoms with van der Waals surface area (Å²) in [7, 11) is 0. The predicted octanol–water partition coefficient (Wildman–Crippen LogP) is 1.22. The summed E-state index contributed by atoms with van der Waals surface area (Å²) in [6.07, 6.45) is 4.02. The minimum Gasteiger partial charge on any atom is -0.411 e. The standard InChI is InChI=1S/C24H31N7O4/c1-3-21(31-11-9-26-22(24(31)34)27-13-20(25)16(2)29-35)23(33)28-12-19(32)15-30-10-8-17-6-4-5-7-18(17)14-30/h4-7,9,11,21,25,35H,3,8,10,12-15H2,1-2H3,(H,26,27)(H,28,33)/b25-20?,29-16-/t21-/m0/s1. The predicted molar refractivity (Wildman–Crippen MR) is 132 cm³/mol. The highest BCUT2D eigenvalue weighted by Crippen LogP contribution is 2.18. The molecule has 0 radical (unpaired) electrons. The smallest absolute Gasteiger partial charge is 0.294 e. The van der Waals surface area contributed by atoms with Crippen molar-refractivity contribution in [1.82, 2.24) is 19.8 Å². The largest absolute Gasteiger partial charge is 0.411 e. The number of anilines is 1. The molecule has 0 saturated heterocycles. The summed E-state index contributed by atoms with van der Waals surface area (Å²) < 4.78 is 1.26. The van der Waals surface area contributed by atoms with Crippen molar-refractivity contribution < 1.29 is 14.8 Å². The van der Waals surface area contributed by atoms with E-state index in [4.69, 9.17) is 10.6 Å². The first-order chi connectivity index (χ1) is 16.8. The first-order valence-corrected chi connectivity index (χ1v) is 11.5. The fraction of sp³-hybridized carbons (Fsp3) is 0.417. The lowest BCUT2D eigenvalue weighted by atomic mass is 10.00. The van der Waals surface area contributed by atoms with Crippen LogP contribution in [0.15, 0.2) is 46.6 Å². The number of aromatic nitrogens is 2. The zero-order valence-electron chi connectivity index (χ0n) is 20.0. The molecule has 1 aromatic heterocycles. The number of benzene rings is 1. The van der Waals surface area contributed by atoms with Crippen molar-refractivity contribution in [2.45, 2.75) is 39.3 Å². The number of carbonyl (C=O) groups is 2. The number of Topliss-reactive ketones (excluding diaryl/α,β-unsaturated/α-hetero) is 1. The number of amides is 1. The van der Waals surface area contributed by atoms with Gasteiger partial charge in [-0.05, 0) is 30.9 Å². The minimum atomic E-state index is -0.819. The number of oxime groups is 1. The number of nitrogens with one attached hydrogen (secondary N) is 3. The highest BCUT2D eigenvalue weighted by molar-refractivity contribution is 6.41. The van der Waals surface area contributed by atoms with Gasteiger partial charge in [0.15, 0.2) is 11.6 Å². The summed E-state index contributed by atoms with van der Waals surface area (Å²) in [6.45, 7) is 4.79. The molecule has 35 heavy (non-hydrogen) atoms. The molecule has 0 spiro atoms. The summed E-state index contributed by atoms with van der Waals surface area (Å²) in [6, 6.07) is 7.37. The van der Waals surface area contributed by atoms with Crippen LogP contribution in [0, 0.1) is 5.41 Å². The second kappa shape index (κ2) is 12.0. The van der Waals surface area contributed by atoms with Crippen molar-refractivity contribution in [3.8, 4) is 0 Å². The lowest BCUT2D eigenvalue weighted by Crippen LogP contribution is -2.42. The van der Waals surface area contributed by atoms with Crippen molar-refractivity contribution in [3.05, 3.63) is 58.1 Å². The van der Waals surface area contributed by atoms with Crippen LogP contribution in [0.1, 0.15) is 37.4 Å². The van der Waals surface area contributed by atoms with Crippen LogP contribution in [-0.4, -0.2) is 69.0 Å². The van der Waals surface area contributed by atoms with E-state index >= 15 is 0 Å². The summed E-state index contributed by atoms with van der Waals surface area (Å²) >= 11 is 0. The highest BCUT2D eigenvalue weighted by Gasteiger charge is 2.23. The van der Waals surface area contributed by atoms with Crippen LogP contribution in [0.4, 0.5) is 5.82 Å². The monoisotopic (exact) mass is 481 g/mol. The molecular formula is C24H31N7O4. The van der Waals surface area contributed by atoms with Gasteiger partial charge < -0.3 is 21.3 Å². The minimum absolute atomic E-state index is 0.00964. The van der Waals surface area contributed by atoms with Gasteiger partial charge in [0, 0.05) is 25.5 Å². The van der Waals surface area contributed by atoms with E-state index in [0.717, 1.165) is 13.0 Å². The second-order valence-corrected chi connectivity index (χ2v) is 8.42. The van der Waals surface area contributed by atoms with Gasteiger partial charge in [-0.2, -0.15) is 0 Å². The Morgan fingerprint density at radius 3 is 2.71 bits per heavy atom. The Morgan fingerprint density at radius 2 is 2.00 bits per heavy atom. The van der Waals surface area contributed by atoms with Crippen molar-refractivity contribution >= 4 is 28.9 Å². The number of ketones is 1. The number of rotatable bonds is 11. The highest BCUT2D eigenvalue weighted by atomic mass is 16.4.